The van der Waals surface area contributed by atoms with Crippen LogP contribution >= 0.6 is 0 Å². The highest BCUT2D eigenvalue weighted by atomic mass is 16.2. The van der Waals surface area contributed by atoms with Crippen molar-refractivity contribution in [3.05, 3.63) is 0 Å². The molecule has 0 aliphatic heterocycles. The molecule has 1 atom stereocenters. The van der Waals surface area contributed by atoms with Crippen molar-refractivity contribution in [1.29, 1.82) is 0 Å². The largest absolute Gasteiger partial charge is 0.368 e. The molecule has 0 saturated carbocycles. The first-order valence-corrected chi connectivity index (χ1v) is 6.27. The number of rotatable bonds is 9. The fraction of sp³-hybridized carbons (Fsp3) is 0.833. The van der Waals surface area contributed by atoms with Gasteiger partial charge in [-0.3, -0.25) is 9.59 Å². The minimum Gasteiger partial charge on any atom is -0.368 e. The van der Waals surface area contributed by atoms with Gasteiger partial charge in [0, 0.05) is 6.42 Å². The van der Waals surface area contributed by atoms with Crippen molar-refractivity contribution in [1.82, 2.24) is 5.32 Å². The molecule has 5 heteroatoms. The van der Waals surface area contributed by atoms with Gasteiger partial charge in [0.2, 0.25) is 11.8 Å². The van der Waals surface area contributed by atoms with Gasteiger partial charge in [0.05, 0.1) is 0 Å². The molecule has 0 saturated heterocycles. The molecule has 0 aromatic rings. The molecule has 0 fully saturated rings. The van der Waals surface area contributed by atoms with E-state index in [4.69, 9.17) is 11.5 Å². The quantitative estimate of drug-likeness (QED) is 0.515. The summed E-state index contributed by atoms with van der Waals surface area (Å²) in [5, 5.41) is 2.67. The van der Waals surface area contributed by atoms with Crippen LogP contribution in [0.4, 0.5) is 0 Å². The zero-order chi connectivity index (χ0) is 13.3. The van der Waals surface area contributed by atoms with Crippen molar-refractivity contribution in [3.8, 4) is 0 Å². The number of nitrogens with one attached hydrogen (secondary N) is 1. The van der Waals surface area contributed by atoms with E-state index in [1.54, 1.807) is 0 Å². The third-order valence-corrected chi connectivity index (χ3v) is 2.65. The zero-order valence-electron chi connectivity index (χ0n) is 10.9. The summed E-state index contributed by atoms with van der Waals surface area (Å²) in [6, 6.07) is -0.563. The van der Waals surface area contributed by atoms with Gasteiger partial charge in [0.15, 0.2) is 0 Å². The summed E-state index contributed by atoms with van der Waals surface area (Å²) < 4.78 is 0. The molecule has 0 spiro atoms. The fourth-order valence-electron chi connectivity index (χ4n) is 1.60. The van der Waals surface area contributed by atoms with E-state index in [2.05, 4.69) is 5.32 Å². The second-order valence-electron chi connectivity index (χ2n) is 4.64. The number of primary amides is 1. The van der Waals surface area contributed by atoms with Crippen LogP contribution in [0.3, 0.4) is 0 Å². The van der Waals surface area contributed by atoms with Gasteiger partial charge < -0.3 is 16.8 Å². The van der Waals surface area contributed by atoms with Crippen LogP contribution in [-0.4, -0.2) is 24.4 Å². The minimum atomic E-state index is -0.563. The third kappa shape index (κ3) is 7.74. The van der Waals surface area contributed by atoms with E-state index in [1.165, 1.54) is 0 Å². The Morgan fingerprint density at radius 1 is 1.12 bits per heavy atom. The van der Waals surface area contributed by atoms with Gasteiger partial charge in [0.1, 0.15) is 6.04 Å². The monoisotopic (exact) mass is 243 g/mol. The second-order valence-corrected chi connectivity index (χ2v) is 4.64. The van der Waals surface area contributed by atoms with E-state index in [-0.39, 0.29) is 11.8 Å². The molecule has 5 N–H and O–H groups in total. The highest BCUT2D eigenvalue weighted by Gasteiger charge is 2.20. The predicted molar refractivity (Wildman–Crippen MR) is 68.1 cm³/mol. The maximum absolute atomic E-state index is 11.6. The Morgan fingerprint density at radius 3 is 2.18 bits per heavy atom. The Balaban J connectivity index is 3.80. The number of amides is 2. The van der Waals surface area contributed by atoms with Gasteiger partial charge >= 0.3 is 0 Å². The van der Waals surface area contributed by atoms with Crippen LogP contribution in [0.25, 0.3) is 0 Å². The number of carbonyl (C=O) groups excluding carboxylic acids is 2. The first-order valence-electron chi connectivity index (χ1n) is 6.27. The van der Waals surface area contributed by atoms with Crippen LogP contribution in [0.5, 0.6) is 0 Å². The maximum atomic E-state index is 11.6. The number of nitrogens with two attached hydrogens (primary N) is 2. The van der Waals surface area contributed by atoms with Gasteiger partial charge in [-0.1, -0.05) is 26.7 Å². The Bertz CT molecular complexity index is 242. The molecule has 1 unspecified atom stereocenters. The average molecular weight is 243 g/mol. The summed E-state index contributed by atoms with van der Waals surface area (Å²) in [4.78, 5) is 22.6. The van der Waals surface area contributed by atoms with Gasteiger partial charge in [-0.15, -0.1) is 0 Å². The summed E-state index contributed by atoms with van der Waals surface area (Å²) >= 11 is 0. The van der Waals surface area contributed by atoms with Crippen LogP contribution in [0.2, 0.25) is 0 Å². The van der Waals surface area contributed by atoms with Crippen molar-refractivity contribution in [3.63, 3.8) is 0 Å². The van der Waals surface area contributed by atoms with Crippen molar-refractivity contribution >= 4 is 11.8 Å². The Labute approximate surface area is 103 Å². The highest BCUT2D eigenvalue weighted by molar-refractivity contribution is 5.86. The van der Waals surface area contributed by atoms with Gasteiger partial charge in [-0.25, -0.2) is 0 Å². The molecule has 0 rings (SSSR count). The van der Waals surface area contributed by atoms with E-state index < -0.39 is 11.9 Å². The smallest absolute Gasteiger partial charge is 0.240 e. The molecule has 0 aliphatic rings. The van der Waals surface area contributed by atoms with Gasteiger partial charge in [-0.2, -0.15) is 0 Å². The molecule has 0 heterocycles. The lowest BCUT2D eigenvalue weighted by Gasteiger charge is -2.18. The van der Waals surface area contributed by atoms with Crippen LogP contribution in [0.15, 0.2) is 0 Å². The zero-order valence-corrected chi connectivity index (χ0v) is 10.9. The second kappa shape index (κ2) is 8.98. The molecule has 0 radical (unpaired) electrons. The van der Waals surface area contributed by atoms with Crippen molar-refractivity contribution in [2.75, 3.05) is 6.54 Å². The molecule has 0 bridgehead atoms. The Hall–Kier alpha value is -1.10. The SMILES string of the molecule is CC(C)C(NC(=O)CCCCCCN)C(N)=O. The summed E-state index contributed by atoms with van der Waals surface area (Å²) in [5.74, 6) is -0.555. The molecular weight excluding hydrogens is 218 g/mol. The predicted octanol–water partition coefficient (Wildman–Crippen LogP) is 0.522. The highest BCUT2D eigenvalue weighted by Crippen LogP contribution is 2.05. The van der Waals surface area contributed by atoms with Crippen LogP contribution < -0.4 is 16.8 Å². The molecule has 2 amide bonds. The van der Waals surface area contributed by atoms with Crippen molar-refractivity contribution in [2.45, 2.75) is 52.0 Å². The van der Waals surface area contributed by atoms with Crippen LogP contribution in [0.1, 0.15) is 46.0 Å². The molecule has 0 aromatic heterocycles. The van der Waals surface area contributed by atoms with Crippen LogP contribution in [-0.2, 0) is 9.59 Å². The summed E-state index contributed by atoms with van der Waals surface area (Å²) in [6.45, 7) is 4.41. The standard InChI is InChI=1S/C12H25N3O2/c1-9(2)11(12(14)17)15-10(16)7-5-3-4-6-8-13/h9,11H,3-8,13H2,1-2H3,(H2,14,17)(H,15,16). The first-order chi connectivity index (χ1) is 7.99. The van der Waals surface area contributed by atoms with E-state index in [9.17, 15) is 9.59 Å². The van der Waals surface area contributed by atoms with E-state index >= 15 is 0 Å². The van der Waals surface area contributed by atoms with Crippen molar-refractivity contribution in [2.24, 2.45) is 17.4 Å². The number of carbonyl (C=O) groups is 2. The lowest BCUT2D eigenvalue weighted by molar-refractivity contribution is -0.128. The molecule has 5 nitrogen and oxygen atoms in total. The maximum Gasteiger partial charge on any atom is 0.240 e. The van der Waals surface area contributed by atoms with Crippen molar-refractivity contribution < 1.29 is 9.59 Å². The number of hydrogen-bond acceptors (Lipinski definition) is 3. The van der Waals surface area contributed by atoms with Crippen LogP contribution in [0, 0.1) is 5.92 Å². The summed E-state index contributed by atoms with van der Waals surface area (Å²) in [5.41, 5.74) is 10.6. The molecular formula is C12H25N3O2. The number of unbranched alkanes of at least 4 members (excludes halogenated alkanes) is 3. The fourth-order valence-corrected chi connectivity index (χ4v) is 1.60. The molecule has 0 aliphatic carbocycles. The van der Waals surface area contributed by atoms with E-state index in [0.717, 1.165) is 25.7 Å². The summed E-state index contributed by atoms with van der Waals surface area (Å²) in [7, 11) is 0. The topological polar surface area (TPSA) is 98.2 Å². The normalized spacial score (nSPS) is 12.5. The lowest BCUT2D eigenvalue weighted by Crippen LogP contribution is -2.47. The molecule has 17 heavy (non-hydrogen) atoms. The lowest BCUT2D eigenvalue weighted by atomic mass is 10.0. The Morgan fingerprint density at radius 2 is 1.71 bits per heavy atom. The van der Waals surface area contributed by atoms with E-state index in [0.29, 0.717) is 13.0 Å². The van der Waals surface area contributed by atoms with Gasteiger partial charge in [-0.05, 0) is 25.3 Å². The number of hydrogen-bond donors (Lipinski definition) is 3. The average Bonchev–Trinajstić information content (AvgIpc) is 2.24. The molecule has 100 valence electrons. The molecule has 0 aromatic carbocycles. The van der Waals surface area contributed by atoms with E-state index in [1.807, 2.05) is 13.8 Å². The first kappa shape index (κ1) is 15.9. The third-order valence-electron chi connectivity index (χ3n) is 2.65. The van der Waals surface area contributed by atoms with Gasteiger partial charge in [0.25, 0.3) is 0 Å². The minimum absolute atomic E-state index is 0.0219. The Kier molecular flexibility index (Phi) is 8.40. The summed E-state index contributed by atoms with van der Waals surface area (Å²) in [6.07, 6.45) is 4.31.